The van der Waals surface area contributed by atoms with Gasteiger partial charge in [-0.05, 0) is 31.0 Å². The fourth-order valence-electron chi connectivity index (χ4n) is 0.933. The number of halogens is 1. The van der Waals surface area contributed by atoms with Crippen molar-refractivity contribution in [3.05, 3.63) is 29.6 Å². The number of benzene rings is 1. The van der Waals surface area contributed by atoms with Crippen LogP contribution >= 0.6 is 0 Å². The molecule has 0 aliphatic carbocycles. The summed E-state index contributed by atoms with van der Waals surface area (Å²) in [5.74, 6) is 0.0749. The molecule has 0 heterocycles. The first-order valence-electron chi connectivity index (χ1n) is 4.13. The van der Waals surface area contributed by atoms with Crippen LogP contribution in [0.5, 0.6) is 5.75 Å². The smallest absolute Gasteiger partial charge is 0.165 e. The van der Waals surface area contributed by atoms with Gasteiger partial charge in [-0.15, -0.1) is 0 Å². The van der Waals surface area contributed by atoms with Crippen LogP contribution in [0, 0.1) is 12.7 Å². The molecular weight excluding hydrogens is 155 g/mol. The van der Waals surface area contributed by atoms with E-state index in [1.807, 2.05) is 13.8 Å². The average molecular weight is 168 g/mol. The van der Waals surface area contributed by atoms with E-state index in [9.17, 15) is 4.39 Å². The molecule has 0 amide bonds. The number of hydrogen-bond donors (Lipinski definition) is 0. The van der Waals surface area contributed by atoms with Gasteiger partial charge in [-0.3, -0.25) is 0 Å². The van der Waals surface area contributed by atoms with Crippen LogP contribution in [0.1, 0.15) is 18.9 Å². The minimum atomic E-state index is -0.283. The van der Waals surface area contributed by atoms with Gasteiger partial charge >= 0.3 is 0 Å². The highest BCUT2D eigenvalue weighted by molar-refractivity contribution is 5.29. The van der Waals surface area contributed by atoms with Crippen molar-refractivity contribution in [1.82, 2.24) is 0 Å². The second-order valence-electron chi connectivity index (χ2n) is 2.78. The molecule has 0 atom stereocenters. The van der Waals surface area contributed by atoms with Crippen molar-refractivity contribution in [2.45, 2.75) is 20.3 Å². The van der Waals surface area contributed by atoms with E-state index < -0.39 is 0 Å². The van der Waals surface area contributed by atoms with Gasteiger partial charge in [0.15, 0.2) is 11.6 Å². The Labute approximate surface area is 72.2 Å². The van der Waals surface area contributed by atoms with Crippen molar-refractivity contribution in [1.29, 1.82) is 0 Å². The third kappa shape index (κ3) is 2.22. The molecule has 0 radical (unpaired) electrons. The third-order valence-electron chi connectivity index (χ3n) is 1.55. The first kappa shape index (κ1) is 9.04. The SMILES string of the molecule is CCCOc1cc(C)ccc1F. The molecule has 0 aliphatic rings. The summed E-state index contributed by atoms with van der Waals surface area (Å²) < 4.78 is 18.2. The Bertz CT molecular complexity index is 258. The zero-order valence-electron chi connectivity index (χ0n) is 7.43. The number of ether oxygens (including phenoxy) is 1. The Balaban J connectivity index is 2.75. The van der Waals surface area contributed by atoms with E-state index in [1.54, 1.807) is 12.1 Å². The van der Waals surface area contributed by atoms with Crippen molar-refractivity contribution in [3.63, 3.8) is 0 Å². The van der Waals surface area contributed by atoms with Crippen LogP contribution in [0.15, 0.2) is 18.2 Å². The summed E-state index contributed by atoms with van der Waals surface area (Å²) in [5, 5.41) is 0. The highest BCUT2D eigenvalue weighted by atomic mass is 19.1. The van der Waals surface area contributed by atoms with Gasteiger partial charge < -0.3 is 4.74 Å². The molecule has 0 fully saturated rings. The molecular formula is C10H13FO. The van der Waals surface area contributed by atoms with Gasteiger partial charge in [0.1, 0.15) is 0 Å². The van der Waals surface area contributed by atoms with Crippen molar-refractivity contribution < 1.29 is 9.13 Å². The van der Waals surface area contributed by atoms with Crippen LogP contribution in [0.2, 0.25) is 0 Å². The molecule has 0 aliphatic heterocycles. The van der Waals surface area contributed by atoms with Gasteiger partial charge in [0.2, 0.25) is 0 Å². The lowest BCUT2D eigenvalue weighted by atomic mass is 10.2. The zero-order valence-corrected chi connectivity index (χ0v) is 7.43. The second kappa shape index (κ2) is 4.10. The Hall–Kier alpha value is -1.05. The topological polar surface area (TPSA) is 9.23 Å². The van der Waals surface area contributed by atoms with Gasteiger partial charge in [-0.2, -0.15) is 0 Å². The number of rotatable bonds is 3. The summed E-state index contributed by atoms with van der Waals surface area (Å²) in [6, 6.07) is 4.87. The Morgan fingerprint density at radius 3 is 2.83 bits per heavy atom. The molecule has 0 N–H and O–H groups in total. The third-order valence-corrected chi connectivity index (χ3v) is 1.55. The summed E-state index contributed by atoms with van der Waals surface area (Å²) in [4.78, 5) is 0. The standard InChI is InChI=1S/C10H13FO/c1-3-6-12-10-7-8(2)4-5-9(10)11/h4-5,7H,3,6H2,1-2H3. The Morgan fingerprint density at radius 1 is 1.42 bits per heavy atom. The maximum absolute atomic E-state index is 13.0. The van der Waals surface area contributed by atoms with Crippen LogP contribution in [0.25, 0.3) is 0 Å². The molecule has 1 aromatic carbocycles. The highest BCUT2D eigenvalue weighted by Crippen LogP contribution is 2.18. The van der Waals surface area contributed by atoms with Crippen LogP contribution in [-0.2, 0) is 0 Å². The summed E-state index contributed by atoms with van der Waals surface area (Å²) >= 11 is 0. The maximum Gasteiger partial charge on any atom is 0.165 e. The Kier molecular flexibility index (Phi) is 3.09. The largest absolute Gasteiger partial charge is 0.491 e. The molecule has 12 heavy (non-hydrogen) atoms. The summed E-state index contributed by atoms with van der Waals surface area (Å²) in [6.07, 6.45) is 0.896. The van der Waals surface area contributed by atoms with Crippen molar-refractivity contribution in [2.75, 3.05) is 6.61 Å². The first-order chi connectivity index (χ1) is 5.74. The molecule has 1 aromatic rings. The molecule has 66 valence electrons. The van der Waals surface area contributed by atoms with Gasteiger partial charge in [0.25, 0.3) is 0 Å². The van der Waals surface area contributed by atoms with E-state index >= 15 is 0 Å². The molecule has 0 saturated carbocycles. The minimum absolute atomic E-state index is 0.283. The summed E-state index contributed by atoms with van der Waals surface area (Å²) in [5.41, 5.74) is 1.02. The van der Waals surface area contributed by atoms with E-state index in [4.69, 9.17) is 4.74 Å². The number of aryl methyl sites for hydroxylation is 1. The molecule has 0 aromatic heterocycles. The lowest BCUT2D eigenvalue weighted by molar-refractivity contribution is 0.301. The minimum Gasteiger partial charge on any atom is -0.491 e. The van der Waals surface area contributed by atoms with Crippen LogP contribution in [0.4, 0.5) is 4.39 Å². The highest BCUT2D eigenvalue weighted by Gasteiger charge is 2.01. The van der Waals surface area contributed by atoms with Crippen molar-refractivity contribution in [3.8, 4) is 5.75 Å². The first-order valence-corrected chi connectivity index (χ1v) is 4.13. The maximum atomic E-state index is 13.0. The summed E-state index contributed by atoms with van der Waals surface area (Å²) in [6.45, 7) is 4.48. The monoisotopic (exact) mass is 168 g/mol. The van der Waals surface area contributed by atoms with E-state index in [0.717, 1.165) is 12.0 Å². The normalized spacial score (nSPS) is 9.92. The molecule has 1 nitrogen and oxygen atoms in total. The van der Waals surface area contributed by atoms with Gasteiger partial charge in [0.05, 0.1) is 6.61 Å². The average Bonchev–Trinajstić information content (AvgIpc) is 2.07. The fourth-order valence-corrected chi connectivity index (χ4v) is 0.933. The molecule has 0 spiro atoms. The summed E-state index contributed by atoms with van der Waals surface area (Å²) in [7, 11) is 0. The predicted octanol–water partition coefficient (Wildman–Crippen LogP) is 2.92. The molecule has 0 bridgehead atoms. The molecule has 0 saturated heterocycles. The van der Waals surface area contributed by atoms with Gasteiger partial charge in [0, 0.05) is 0 Å². The van der Waals surface area contributed by atoms with Gasteiger partial charge in [-0.25, -0.2) is 4.39 Å². The predicted molar refractivity (Wildman–Crippen MR) is 46.9 cm³/mol. The van der Waals surface area contributed by atoms with E-state index in [2.05, 4.69) is 0 Å². The van der Waals surface area contributed by atoms with Gasteiger partial charge in [-0.1, -0.05) is 13.0 Å². The van der Waals surface area contributed by atoms with E-state index in [-0.39, 0.29) is 5.82 Å². The second-order valence-corrected chi connectivity index (χ2v) is 2.78. The van der Waals surface area contributed by atoms with Crippen molar-refractivity contribution in [2.24, 2.45) is 0 Å². The zero-order chi connectivity index (χ0) is 8.97. The van der Waals surface area contributed by atoms with Crippen LogP contribution in [-0.4, -0.2) is 6.61 Å². The number of hydrogen-bond acceptors (Lipinski definition) is 1. The lowest BCUT2D eigenvalue weighted by Crippen LogP contribution is -1.97. The molecule has 1 rings (SSSR count). The quantitative estimate of drug-likeness (QED) is 0.674. The lowest BCUT2D eigenvalue weighted by Gasteiger charge is -2.05. The molecule has 0 unspecified atom stereocenters. The van der Waals surface area contributed by atoms with E-state index in [0.29, 0.717) is 12.4 Å². The van der Waals surface area contributed by atoms with Crippen LogP contribution < -0.4 is 4.74 Å². The van der Waals surface area contributed by atoms with Crippen LogP contribution in [0.3, 0.4) is 0 Å². The fraction of sp³-hybridized carbons (Fsp3) is 0.400. The molecule has 2 heteroatoms. The Morgan fingerprint density at radius 2 is 2.17 bits per heavy atom. The van der Waals surface area contributed by atoms with Crippen molar-refractivity contribution >= 4 is 0 Å². The van der Waals surface area contributed by atoms with E-state index in [1.165, 1.54) is 6.07 Å².